The lowest BCUT2D eigenvalue weighted by atomic mass is 9.88. The van der Waals surface area contributed by atoms with Crippen molar-refractivity contribution in [2.75, 3.05) is 13.1 Å². The Morgan fingerprint density at radius 1 is 1.07 bits per heavy atom. The van der Waals surface area contributed by atoms with Gasteiger partial charge in [0.15, 0.2) is 0 Å². The van der Waals surface area contributed by atoms with Crippen LogP contribution in [0.2, 0.25) is 0 Å². The molecule has 1 heterocycles. The fourth-order valence-electron chi connectivity index (χ4n) is 3.15. The number of ether oxygens (including phenoxy) is 1. The molecule has 0 unspecified atom stereocenters. The molecular weight excluding hydrogens is 383 g/mol. The van der Waals surface area contributed by atoms with Crippen LogP contribution in [-0.2, 0) is 20.7 Å². The Hall–Kier alpha value is -2.67. The van der Waals surface area contributed by atoms with Crippen LogP contribution in [0.5, 0.6) is 0 Å². The number of halogens is 3. The number of rotatable bonds is 5. The van der Waals surface area contributed by atoms with Crippen LogP contribution in [0, 0.1) is 0 Å². The van der Waals surface area contributed by atoms with Crippen LogP contribution in [0.1, 0.15) is 29.9 Å². The molecule has 1 saturated heterocycles. The lowest BCUT2D eigenvalue weighted by molar-refractivity contribution is -0.156. The summed E-state index contributed by atoms with van der Waals surface area (Å²) in [4.78, 5) is 20.9. The van der Waals surface area contributed by atoms with E-state index in [9.17, 15) is 18.0 Å². The molecule has 2 atom stereocenters. The molecule has 0 bridgehead atoms. The Morgan fingerprint density at radius 2 is 1.66 bits per heavy atom. The van der Waals surface area contributed by atoms with Gasteiger partial charge in [-0.25, -0.2) is 0 Å². The highest BCUT2D eigenvalue weighted by atomic mass is 19.4. The summed E-state index contributed by atoms with van der Waals surface area (Å²) < 4.78 is 37.0. The molecule has 2 aromatic carbocycles. The standard InChI is InChI=1S/C20H23NO2.C2HF3O/c22-20(12-11-16-7-3-1-4-8-16)23-19-15-21-14-13-18(19)17-9-5-2-6-10-17;3-2(4,5)1-6/h1-10,18-19,21H,11-15H2;1H/t18-,19+;/m1./s1. The molecule has 7 heteroatoms. The van der Waals surface area contributed by atoms with E-state index in [4.69, 9.17) is 9.53 Å². The Morgan fingerprint density at radius 3 is 2.24 bits per heavy atom. The molecule has 0 radical (unpaired) electrons. The molecule has 1 fully saturated rings. The third-order valence-electron chi connectivity index (χ3n) is 4.53. The number of hydrogen-bond acceptors (Lipinski definition) is 4. The predicted molar refractivity (Wildman–Crippen MR) is 103 cm³/mol. The topological polar surface area (TPSA) is 55.4 Å². The van der Waals surface area contributed by atoms with E-state index in [1.807, 2.05) is 48.5 Å². The highest BCUT2D eigenvalue weighted by Gasteiger charge is 2.29. The van der Waals surface area contributed by atoms with Gasteiger partial charge in [-0.1, -0.05) is 60.7 Å². The second-order valence-corrected chi connectivity index (χ2v) is 6.68. The fraction of sp³-hybridized carbons (Fsp3) is 0.364. The summed E-state index contributed by atoms with van der Waals surface area (Å²) in [6.07, 6.45) is -3.61. The summed E-state index contributed by atoms with van der Waals surface area (Å²) in [7, 11) is 0. The second kappa shape index (κ2) is 11.4. The minimum absolute atomic E-state index is 0.0746. The average molecular weight is 407 g/mol. The van der Waals surface area contributed by atoms with E-state index in [1.165, 1.54) is 11.1 Å². The van der Waals surface area contributed by atoms with E-state index in [0.717, 1.165) is 25.9 Å². The van der Waals surface area contributed by atoms with E-state index in [-0.39, 0.29) is 18.0 Å². The number of esters is 1. The van der Waals surface area contributed by atoms with Gasteiger partial charge in [-0.2, -0.15) is 13.2 Å². The van der Waals surface area contributed by atoms with Crippen LogP contribution in [0.25, 0.3) is 0 Å². The Balaban J connectivity index is 0.000000438. The number of nitrogens with one attached hydrogen (secondary N) is 1. The smallest absolute Gasteiger partial charge is 0.446 e. The van der Waals surface area contributed by atoms with Crippen molar-refractivity contribution in [1.82, 2.24) is 5.32 Å². The van der Waals surface area contributed by atoms with E-state index in [2.05, 4.69) is 17.4 Å². The van der Waals surface area contributed by atoms with Crippen molar-refractivity contribution in [3.05, 3.63) is 71.8 Å². The first-order valence-electron chi connectivity index (χ1n) is 9.41. The van der Waals surface area contributed by atoms with Crippen LogP contribution in [0.15, 0.2) is 60.7 Å². The molecule has 0 aliphatic carbocycles. The zero-order chi connectivity index (χ0) is 21.1. The van der Waals surface area contributed by atoms with Crippen molar-refractivity contribution in [2.45, 2.75) is 37.5 Å². The molecule has 4 nitrogen and oxygen atoms in total. The number of alkyl halides is 3. The van der Waals surface area contributed by atoms with Crippen LogP contribution in [0.4, 0.5) is 13.2 Å². The Kier molecular flexibility index (Phi) is 8.86. The number of benzene rings is 2. The number of aryl methyl sites for hydroxylation is 1. The summed E-state index contributed by atoms with van der Waals surface area (Å²) in [6.45, 7) is 1.70. The van der Waals surface area contributed by atoms with E-state index >= 15 is 0 Å². The third kappa shape index (κ3) is 8.48. The summed E-state index contributed by atoms with van der Waals surface area (Å²) in [6, 6.07) is 20.4. The van der Waals surface area contributed by atoms with Gasteiger partial charge in [0.05, 0.1) is 0 Å². The summed E-state index contributed by atoms with van der Waals surface area (Å²) in [5.41, 5.74) is 2.43. The number of hydrogen-bond donors (Lipinski definition) is 1. The van der Waals surface area contributed by atoms with Gasteiger partial charge in [-0.3, -0.25) is 9.59 Å². The predicted octanol–water partition coefficient (Wildman–Crippen LogP) is 4.06. The van der Waals surface area contributed by atoms with Gasteiger partial charge < -0.3 is 10.1 Å². The summed E-state index contributed by atoms with van der Waals surface area (Å²) in [5.74, 6) is 0.182. The van der Waals surface area contributed by atoms with Crippen LogP contribution in [0.3, 0.4) is 0 Å². The first-order chi connectivity index (χ1) is 13.9. The van der Waals surface area contributed by atoms with E-state index in [1.54, 1.807) is 0 Å². The molecule has 29 heavy (non-hydrogen) atoms. The zero-order valence-corrected chi connectivity index (χ0v) is 15.9. The zero-order valence-electron chi connectivity index (χ0n) is 15.9. The molecule has 0 saturated carbocycles. The normalized spacial score (nSPS) is 18.9. The maximum Gasteiger partial charge on any atom is 0.446 e. The van der Waals surface area contributed by atoms with Crippen LogP contribution < -0.4 is 5.32 Å². The van der Waals surface area contributed by atoms with Crippen molar-refractivity contribution >= 4 is 12.3 Å². The van der Waals surface area contributed by atoms with Crippen molar-refractivity contribution in [2.24, 2.45) is 0 Å². The van der Waals surface area contributed by atoms with Crippen molar-refractivity contribution < 1.29 is 27.5 Å². The van der Waals surface area contributed by atoms with E-state index in [0.29, 0.717) is 6.42 Å². The van der Waals surface area contributed by atoms with Gasteiger partial charge in [0.25, 0.3) is 0 Å². The van der Waals surface area contributed by atoms with Crippen molar-refractivity contribution in [3.63, 3.8) is 0 Å². The lowest BCUT2D eigenvalue weighted by Gasteiger charge is -2.32. The highest BCUT2D eigenvalue weighted by molar-refractivity contribution is 5.70. The minimum atomic E-state index is -4.64. The molecule has 156 valence electrons. The number of carbonyl (C=O) groups is 2. The second-order valence-electron chi connectivity index (χ2n) is 6.68. The molecule has 1 aliphatic heterocycles. The molecule has 0 spiro atoms. The number of piperidine rings is 1. The summed E-state index contributed by atoms with van der Waals surface area (Å²) >= 11 is 0. The van der Waals surface area contributed by atoms with Gasteiger partial charge >= 0.3 is 12.1 Å². The quantitative estimate of drug-likeness (QED) is 0.600. The molecule has 3 rings (SSSR count). The molecule has 0 aromatic heterocycles. The molecule has 1 aliphatic rings. The third-order valence-corrected chi connectivity index (χ3v) is 4.53. The van der Waals surface area contributed by atoms with Crippen molar-refractivity contribution in [1.29, 1.82) is 0 Å². The number of carbonyl (C=O) groups excluding carboxylic acids is 2. The Bertz CT molecular complexity index is 751. The molecule has 0 amide bonds. The molecule has 1 N–H and O–H groups in total. The SMILES string of the molecule is O=C(CCc1ccccc1)O[C@H]1CNCC[C@@H]1c1ccccc1.O=CC(F)(F)F. The largest absolute Gasteiger partial charge is 0.460 e. The van der Waals surface area contributed by atoms with Crippen molar-refractivity contribution in [3.8, 4) is 0 Å². The van der Waals surface area contributed by atoms with Crippen LogP contribution >= 0.6 is 0 Å². The molecule has 2 aromatic rings. The van der Waals surface area contributed by atoms with Gasteiger partial charge in [0.2, 0.25) is 6.29 Å². The number of aldehydes is 1. The minimum Gasteiger partial charge on any atom is -0.460 e. The average Bonchev–Trinajstić information content (AvgIpc) is 2.74. The first kappa shape index (κ1) is 22.6. The van der Waals surface area contributed by atoms with Gasteiger partial charge in [-0.05, 0) is 30.5 Å². The maximum atomic E-state index is 12.2. The summed E-state index contributed by atoms with van der Waals surface area (Å²) in [5, 5.41) is 3.34. The van der Waals surface area contributed by atoms with Gasteiger partial charge in [0.1, 0.15) is 6.10 Å². The lowest BCUT2D eigenvalue weighted by Crippen LogP contribution is -2.42. The first-order valence-corrected chi connectivity index (χ1v) is 9.41. The molecular formula is C22H24F3NO3. The fourth-order valence-corrected chi connectivity index (χ4v) is 3.15. The van der Waals surface area contributed by atoms with Crippen LogP contribution in [-0.4, -0.2) is 37.6 Å². The maximum absolute atomic E-state index is 12.2. The monoisotopic (exact) mass is 407 g/mol. The van der Waals surface area contributed by atoms with Gasteiger partial charge in [0, 0.05) is 18.9 Å². The highest BCUT2D eigenvalue weighted by Crippen LogP contribution is 2.27. The Labute approximate surface area is 168 Å². The van der Waals surface area contributed by atoms with Gasteiger partial charge in [-0.15, -0.1) is 0 Å². The van der Waals surface area contributed by atoms with E-state index < -0.39 is 12.5 Å².